The number of rotatable bonds is 7. The zero-order valence-corrected chi connectivity index (χ0v) is 26.8. The molecule has 0 aliphatic heterocycles. The number of fused-ring (bicyclic) bond motifs is 2. The lowest BCUT2D eigenvalue weighted by Gasteiger charge is -2.11. The van der Waals surface area contributed by atoms with Crippen molar-refractivity contribution in [2.75, 3.05) is 28.4 Å². The van der Waals surface area contributed by atoms with Gasteiger partial charge in [0.15, 0.2) is 22.8 Å². The van der Waals surface area contributed by atoms with Gasteiger partial charge in [-0.3, -0.25) is 10.1 Å². The fourth-order valence-electron chi connectivity index (χ4n) is 4.64. The first-order chi connectivity index (χ1) is 22.6. The summed E-state index contributed by atoms with van der Waals surface area (Å²) < 4.78 is 21.4. The molecule has 0 fully saturated rings. The van der Waals surface area contributed by atoms with Gasteiger partial charge in [-0.05, 0) is 42.5 Å². The van der Waals surface area contributed by atoms with Crippen LogP contribution in [0.5, 0.6) is 23.0 Å². The van der Waals surface area contributed by atoms with Gasteiger partial charge in [-0.25, -0.2) is 19.6 Å². The van der Waals surface area contributed by atoms with Crippen LogP contribution >= 0.6 is 22.7 Å². The molecule has 47 heavy (non-hydrogen) atoms. The second kappa shape index (κ2) is 13.7. The van der Waals surface area contributed by atoms with Crippen LogP contribution in [0.2, 0.25) is 0 Å². The Bertz CT molecular complexity index is 2090. The van der Waals surface area contributed by atoms with E-state index in [2.05, 4.69) is 14.7 Å². The minimum absolute atomic E-state index is 0.121. The SMILES string of the molecule is COC(=O)c1c(-c2nc3ccccc3s2)cc(OC)c(O)c1[N+](=O)[O-].COC(=O)c1ccc(OC)c(O)c1-c1nc2ccccc2s1. The van der Waals surface area contributed by atoms with Crippen LogP contribution in [0.25, 0.3) is 41.6 Å². The number of hydrogen-bond acceptors (Lipinski definition) is 14. The van der Waals surface area contributed by atoms with Gasteiger partial charge in [0.2, 0.25) is 5.75 Å². The first-order valence-corrected chi connectivity index (χ1v) is 15.1. The molecule has 0 unspecified atom stereocenters. The molecule has 0 aliphatic rings. The van der Waals surface area contributed by atoms with Crippen molar-refractivity contribution in [2.24, 2.45) is 0 Å². The summed E-state index contributed by atoms with van der Waals surface area (Å²) in [6.45, 7) is 0. The Balaban J connectivity index is 0.000000186. The van der Waals surface area contributed by atoms with Crippen molar-refractivity contribution in [3.63, 3.8) is 0 Å². The zero-order chi connectivity index (χ0) is 33.8. The molecule has 0 saturated heterocycles. The highest BCUT2D eigenvalue weighted by Gasteiger charge is 2.34. The van der Waals surface area contributed by atoms with Crippen molar-refractivity contribution in [3.8, 4) is 44.1 Å². The number of carbonyl (C=O) groups excluding carboxylic acids is 2. The van der Waals surface area contributed by atoms with E-state index in [1.165, 1.54) is 56.1 Å². The van der Waals surface area contributed by atoms with Crippen LogP contribution in [-0.2, 0) is 9.47 Å². The fraction of sp³-hybridized carbons (Fsp3) is 0.125. The molecule has 4 aromatic carbocycles. The largest absolute Gasteiger partial charge is 0.504 e. The molecular weight excluding hydrogens is 650 g/mol. The molecule has 0 bridgehead atoms. The number of nitro groups is 1. The van der Waals surface area contributed by atoms with Gasteiger partial charge in [0, 0.05) is 5.56 Å². The number of ether oxygens (including phenoxy) is 4. The summed E-state index contributed by atoms with van der Waals surface area (Å²) in [6, 6.07) is 19.3. The van der Waals surface area contributed by atoms with Crippen molar-refractivity contribution >= 4 is 60.7 Å². The molecule has 15 heteroatoms. The Hall–Kier alpha value is -5.80. The van der Waals surface area contributed by atoms with Crippen LogP contribution in [0.3, 0.4) is 0 Å². The van der Waals surface area contributed by atoms with Crippen LogP contribution in [0.4, 0.5) is 5.69 Å². The monoisotopic (exact) mass is 675 g/mol. The molecule has 2 aromatic heterocycles. The van der Waals surface area contributed by atoms with E-state index in [9.17, 15) is 29.9 Å². The number of esters is 2. The number of nitrogens with zero attached hydrogens (tertiary/aromatic N) is 3. The third-order valence-electron chi connectivity index (χ3n) is 6.83. The molecule has 0 saturated carbocycles. The predicted octanol–water partition coefficient (Wildman–Crippen LogP) is 6.84. The number of benzene rings is 4. The second-order valence-electron chi connectivity index (χ2n) is 9.45. The first kappa shape index (κ1) is 32.6. The maximum Gasteiger partial charge on any atom is 0.345 e. The molecule has 0 atom stereocenters. The normalized spacial score (nSPS) is 10.6. The first-order valence-electron chi connectivity index (χ1n) is 13.5. The summed E-state index contributed by atoms with van der Waals surface area (Å²) in [7, 11) is 5.12. The van der Waals surface area contributed by atoms with Crippen LogP contribution in [0, 0.1) is 10.1 Å². The van der Waals surface area contributed by atoms with Crippen LogP contribution in [0.15, 0.2) is 66.7 Å². The van der Waals surface area contributed by atoms with Crippen LogP contribution in [-0.4, -0.2) is 65.5 Å². The number of phenolic OH excluding ortho intramolecular Hbond substituents is 2. The van der Waals surface area contributed by atoms with E-state index in [0.29, 0.717) is 21.1 Å². The highest BCUT2D eigenvalue weighted by molar-refractivity contribution is 7.22. The average Bonchev–Trinajstić information content (AvgIpc) is 3.71. The van der Waals surface area contributed by atoms with Crippen molar-refractivity contribution in [2.45, 2.75) is 0 Å². The second-order valence-corrected chi connectivity index (χ2v) is 11.5. The number of phenols is 2. The van der Waals surface area contributed by atoms with Gasteiger partial charge < -0.3 is 29.2 Å². The predicted molar refractivity (Wildman–Crippen MR) is 176 cm³/mol. The van der Waals surface area contributed by atoms with Crippen molar-refractivity contribution in [3.05, 3.63) is 88.0 Å². The van der Waals surface area contributed by atoms with E-state index in [1.807, 2.05) is 42.5 Å². The molecular formula is C32H25N3O10S2. The maximum absolute atomic E-state index is 12.2. The molecule has 240 valence electrons. The quantitative estimate of drug-likeness (QED) is 0.102. The van der Waals surface area contributed by atoms with Gasteiger partial charge in [0.25, 0.3) is 0 Å². The van der Waals surface area contributed by atoms with E-state index in [1.54, 1.807) is 12.1 Å². The molecule has 2 heterocycles. The standard InChI is InChI=1S/C16H12N2O6S.C16H13NO4S/c1-23-10-7-8(15-17-9-5-3-4-6-11(9)25-15)12(16(20)24-2)13(14(10)19)18(21)22;1-20-11-8-7-9(16(19)21-2)13(14(11)18)15-17-10-5-3-4-6-12(10)22-15/h3-7,19H,1-2H3;3-8,18H,1-2H3. The van der Waals surface area contributed by atoms with Gasteiger partial charge in [0.05, 0.1) is 64.9 Å². The average molecular weight is 676 g/mol. The number of nitro benzene ring substituents is 1. The molecule has 0 aliphatic carbocycles. The highest BCUT2D eigenvalue weighted by Crippen LogP contribution is 2.46. The van der Waals surface area contributed by atoms with Crippen molar-refractivity contribution < 1.29 is 43.7 Å². The minimum atomic E-state index is -0.945. The Morgan fingerprint density at radius 2 is 1.30 bits per heavy atom. The van der Waals surface area contributed by atoms with E-state index in [0.717, 1.165) is 22.0 Å². The van der Waals surface area contributed by atoms with Crippen LogP contribution < -0.4 is 9.47 Å². The number of para-hydroxylation sites is 2. The summed E-state index contributed by atoms with van der Waals surface area (Å²) in [5, 5.41) is 32.9. The molecule has 6 rings (SSSR count). The van der Waals surface area contributed by atoms with E-state index < -0.39 is 28.3 Å². The van der Waals surface area contributed by atoms with Gasteiger partial charge in [-0.2, -0.15) is 0 Å². The third kappa shape index (κ3) is 6.21. The summed E-state index contributed by atoms with van der Waals surface area (Å²) >= 11 is 2.65. The smallest absolute Gasteiger partial charge is 0.345 e. The topological polar surface area (TPSA) is 180 Å². The van der Waals surface area contributed by atoms with Crippen molar-refractivity contribution in [1.29, 1.82) is 0 Å². The number of aromatic hydroxyl groups is 2. The Morgan fingerprint density at radius 3 is 1.83 bits per heavy atom. The molecule has 0 radical (unpaired) electrons. The summed E-state index contributed by atoms with van der Waals surface area (Å²) in [5.41, 5.74) is 1.08. The lowest BCUT2D eigenvalue weighted by molar-refractivity contribution is -0.386. The van der Waals surface area contributed by atoms with E-state index in [4.69, 9.17) is 14.2 Å². The van der Waals surface area contributed by atoms with Gasteiger partial charge in [-0.15, -0.1) is 22.7 Å². The third-order valence-corrected chi connectivity index (χ3v) is 8.95. The number of aromatic nitrogens is 2. The molecule has 0 spiro atoms. The summed E-state index contributed by atoms with van der Waals surface area (Å²) in [4.78, 5) is 43.7. The molecule has 6 aromatic rings. The zero-order valence-electron chi connectivity index (χ0n) is 25.2. The summed E-state index contributed by atoms with van der Waals surface area (Å²) in [5.74, 6) is -2.19. The Kier molecular flexibility index (Phi) is 9.48. The number of thiazole rings is 2. The van der Waals surface area contributed by atoms with E-state index >= 15 is 0 Å². The van der Waals surface area contributed by atoms with Gasteiger partial charge in [0.1, 0.15) is 10.0 Å². The lowest BCUT2D eigenvalue weighted by Crippen LogP contribution is -2.09. The molecule has 0 amide bonds. The summed E-state index contributed by atoms with van der Waals surface area (Å²) in [6.07, 6.45) is 0. The van der Waals surface area contributed by atoms with E-state index in [-0.39, 0.29) is 33.9 Å². The van der Waals surface area contributed by atoms with Gasteiger partial charge in [-0.1, -0.05) is 24.3 Å². The highest BCUT2D eigenvalue weighted by atomic mass is 32.1. The number of carbonyl (C=O) groups is 2. The number of hydrogen-bond donors (Lipinski definition) is 2. The Morgan fingerprint density at radius 1 is 0.745 bits per heavy atom. The number of methoxy groups -OCH3 is 4. The molecule has 13 nitrogen and oxygen atoms in total. The minimum Gasteiger partial charge on any atom is -0.504 e. The van der Waals surface area contributed by atoms with Gasteiger partial charge >= 0.3 is 17.6 Å². The fourth-order valence-corrected chi connectivity index (χ4v) is 6.66. The van der Waals surface area contributed by atoms with Crippen molar-refractivity contribution in [1.82, 2.24) is 9.97 Å². The lowest BCUT2D eigenvalue weighted by atomic mass is 10.0. The maximum atomic E-state index is 12.2. The molecule has 2 N–H and O–H groups in total. The Labute approximate surface area is 274 Å². The van der Waals surface area contributed by atoms with Crippen LogP contribution in [0.1, 0.15) is 20.7 Å².